The van der Waals surface area contributed by atoms with Gasteiger partial charge in [-0.1, -0.05) is 19.1 Å². The number of hydrogen-bond acceptors (Lipinski definition) is 3. The van der Waals surface area contributed by atoms with Gasteiger partial charge in [0.1, 0.15) is 5.82 Å². The Morgan fingerprint density at radius 3 is 2.38 bits per heavy atom. The number of nitrogens with zero attached hydrogens (tertiary/aromatic N) is 1. The summed E-state index contributed by atoms with van der Waals surface area (Å²) in [6.07, 6.45) is 0.730. The third kappa shape index (κ3) is 7.08. The maximum atomic E-state index is 12.8. The summed E-state index contributed by atoms with van der Waals surface area (Å²) in [5.74, 6) is 0.540. The summed E-state index contributed by atoms with van der Waals surface area (Å²) in [6.45, 7) is 2.59. The number of rotatable bonds is 7. The predicted octanol–water partition coefficient (Wildman–Crippen LogP) is 0.968. The van der Waals surface area contributed by atoms with Crippen molar-refractivity contribution in [3.63, 3.8) is 0 Å². The molecular formula is C14H22FN3O2S. The highest BCUT2D eigenvalue weighted by Gasteiger charge is 2.07. The predicted molar refractivity (Wildman–Crippen MR) is 83.8 cm³/mol. The van der Waals surface area contributed by atoms with E-state index in [0.29, 0.717) is 19.0 Å². The van der Waals surface area contributed by atoms with Crippen molar-refractivity contribution in [1.82, 2.24) is 10.6 Å². The Hall–Kier alpha value is -1.63. The standard InChI is InChI=1S/C14H22FN3O2S/c1-3-21(19,20)11-10-18-14(16-2)17-9-8-12-4-6-13(15)7-5-12/h4-7H,3,8-11H2,1-2H3,(H2,16,17,18). The zero-order chi connectivity index (χ0) is 15.7. The second kappa shape index (κ2) is 8.61. The van der Waals surface area contributed by atoms with E-state index in [-0.39, 0.29) is 17.3 Å². The minimum atomic E-state index is -2.97. The minimum absolute atomic E-state index is 0.0855. The smallest absolute Gasteiger partial charge is 0.191 e. The quantitative estimate of drug-likeness (QED) is 0.581. The molecule has 0 aliphatic carbocycles. The fourth-order valence-corrected chi connectivity index (χ4v) is 2.37. The molecule has 2 N–H and O–H groups in total. The van der Waals surface area contributed by atoms with Crippen LogP contribution < -0.4 is 10.6 Å². The van der Waals surface area contributed by atoms with E-state index >= 15 is 0 Å². The Labute approximate surface area is 125 Å². The second-order valence-electron chi connectivity index (χ2n) is 4.54. The molecule has 0 aromatic heterocycles. The molecule has 0 bridgehead atoms. The van der Waals surface area contributed by atoms with Gasteiger partial charge in [-0.05, 0) is 24.1 Å². The molecule has 118 valence electrons. The lowest BCUT2D eigenvalue weighted by molar-refractivity contribution is 0.595. The summed E-state index contributed by atoms with van der Waals surface area (Å²) in [4.78, 5) is 4.02. The van der Waals surface area contributed by atoms with Gasteiger partial charge in [0.15, 0.2) is 15.8 Å². The van der Waals surface area contributed by atoms with E-state index in [1.807, 2.05) is 0 Å². The van der Waals surface area contributed by atoms with Crippen molar-refractivity contribution in [3.05, 3.63) is 35.6 Å². The summed E-state index contributed by atoms with van der Waals surface area (Å²) in [5.41, 5.74) is 1.02. The molecule has 1 aromatic carbocycles. The molecule has 21 heavy (non-hydrogen) atoms. The van der Waals surface area contributed by atoms with Crippen molar-refractivity contribution >= 4 is 15.8 Å². The van der Waals surface area contributed by atoms with Crippen LogP contribution in [0.25, 0.3) is 0 Å². The van der Waals surface area contributed by atoms with Gasteiger partial charge in [-0.3, -0.25) is 4.99 Å². The van der Waals surface area contributed by atoms with Gasteiger partial charge in [0.25, 0.3) is 0 Å². The van der Waals surface area contributed by atoms with Crippen LogP contribution in [0.3, 0.4) is 0 Å². The summed E-state index contributed by atoms with van der Waals surface area (Å²) < 4.78 is 35.5. The van der Waals surface area contributed by atoms with Crippen molar-refractivity contribution in [1.29, 1.82) is 0 Å². The van der Waals surface area contributed by atoms with E-state index in [9.17, 15) is 12.8 Å². The molecule has 0 aliphatic rings. The normalized spacial score (nSPS) is 12.2. The molecule has 0 heterocycles. The van der Waals surface area contributed by atoms with Gasteiger partial charge >= 0.3 is 0 Å². The maximum absolute atomic E-state index is 12.8. The highest BCUT2D eigenvalue weighted by molar-refractivity contribution is 7.91. The lowest BCUT2D eigenvalue weighted by Gasteiger charge is -2.11. The first kappa shape index (κ1) is 17.4. The molecule has 0 fully saturated rings. The van der Waals surface area contributed by atoms with Gasteiger partial charge in [-0.15, -0.1) is 0 Å². The summed E-state index contributed by atoms with van der Waals surface area (Å²) in [7, 11) is -1.35. The molecule has 1 aromatic rings. The van der Waals surface area contributed by atoms with Gasteiger partial charge in [-0.25, -0.2) is 12.8 Å². The molecule has 0 saturated heterocycles. The molecular weight excluding hydrogens is 293 g/mol. The lowest BCUT2D eigenvalue weighted by atomic mass is 10.1. The van der Waals surface area contributed by atoms with E-state index in [0.717, 1.165) is 12.0 Å². The minimum Gasteiger partial charge on any atom is -0.356 e. The highest BCUT2D eigenvalue weighted by atomic mass is 32.2. The Bertz CT molecular complexity index is 556. The number of aliphatic imine (C=N–C) groups is 1. The van der Waals surface area contributed by atoms with Gasteiger partial charge in [0.05, 0.1) is 5.75 Å². The zero-order valence-corrected chi connectivity index (χ0v) is 13.2. The van der Waals surface area contributed by atoms with Crippen LogP contribution in [-0.4, -0.2) is 46.0 Å². The molecule has 0 spiro atoms. The molecule has 0 radical (unpaired) electrons. The molecule has 0 saturated carbocycles. The monoisotopic (exact) mass is 315 g/mol. The molecule has 0 amide bonds. The molecule has 7 heteroatoms. The van der Waals surface area contributed by atoms with Crippen molar-refractivity contribution < 1.29 is 12.8 Å². The Balaban J connectivity index is 2.30. The fraction of sp³-hybridized carbons (Fsp3) is 0.500. The van der Waals surface area contributed by atoms with E-state index < -0.39 is 9.84 Å². The number of benzene rings is 1. The number of hydrogen-bond donors (Lipinski definition) is 2. The number of sulfone groups is 1. The van der Waals surface area contributed by atoms with Gasteiger partial charge < -0.3 is 10.6 Å². The number of guanidine groups is 1. The molecule has 0 aliphatic heterocycles. The van der Waals surface area contributed by atoms with E-state index in [2.05, 4.69) is 15.6 Å². The maximum Gasteiger partial charge on any atom is 0.191 e. The van der Waals surface area contributed by atoms with Crippen LogP contribution in [0.2, 0.25) is 0 Å². The van der Waals surface area contributed by atoms with E-state index in [1.54, 1.807) is 26.1 Å². The van der Waals surface area contributed by atoms with Crippen LogP contribution in [0.15, 0.2) is 29.3 Å². The molecule has 5 nitrogen and oxygen atoms in total. The number of halogens is 1. The van der Waals surface area contributed by atoms with Crippen molar-refractivity contribution in [3.8, 4) is 0 Å². The zero-order valence-electron chi connectivity index (χ0n) is 12.4. The van der Waals surface area contributed by atoms with Crippen LogP contribution in [0.1, 0.15) is 12.5 Å². The topological polar surface area (TPSA) is 70.6 Å². The Kier molecular flexibility index (Phi) is 7.14. The first-order valence-electron chi connectivity index (χ1n) is 6.86. The summed E-state index contributed by atoms with van der Waals surface area (Å²) in [6, 6.07) is 6.33. The second-order valence-corrected chi connectivity index (χ2v) is 7.01. The van der Waals surface area contributed by atoms with E-state index in [1.165, 1.54) is 12.1 Å². The average Bonchev–Trinajstić information content (AvgIpc) is 2.47. The lowest BCUT2D eigenvalue weighted by Crippen LogP contribution is -2.40. The van der Waals surface area contributed by atoms with Gasteiger partial charge in [0, 0.05) is 25.9 Å². The third-order valence-corrected chi connectivity index (χ3v) is 4.69. The van der Waals surface area contributed by atoms with Crippen LogP contribution in [0.4, 0.5) is 4.39 Å². The summed E-state index contributed by atoms with van der Waals surface area (Å²) in [5, 5.41) is 6.04. The largest absolute Gasteiger partial charge is 0.356 e. The molecule has 0 atom stereocenters. The fourth-order valence-electron chi connectivity index (χ4n) is 1.67. The molecule has 1 rings (SSSR count). The highest BCUT2D eigenvalue weighted by Crippen LogP contribution is 2.02. The Morgan fingerprint density at radius 2 is 1.81 bits per heavy atom. The molecule has 0 unspecified atom stereocenters. The van der Waals surface area contributed by atoms with Crippen LogP contribution >= 0.6 is 0 Å². The average molecular weight is 315 g/mol. The van der Waals surface area contributed by atoms with Gasteiger partial charge in [0.2, 0.25) is 0 Å². The van der Waals surface area contributed by atoms with E-state index in [4.69, 9.17) is 0 Å². The van der Waals surface area contributed by atoms with Crippen molar-refractivity contribution in [2.75, 3.05) is 31.6 Å². The van der Waals surface area contributed by atoms with Crippen LogP contribution in [0.5, 0.6) is 0 Å². The Morgan fingerprint density at radius 1 is 1.19 bits per heavy atom. The van der Waals surface area contributed by atoms with Crippen molar-refractivity contribution in [2.24, 2.45) is 4.99 Å². The summed E-state index contributed by atoms with van der Waals surface area (Å²) >= 11 is 0. The van der Waals surface area contributed by atoms with Crippen LogP contribution in [-0.2, 0) is 16.3 Å². The van der Waals surface area contributed by atoms with Crippen LogP contribution in [0, 0.1) is 5.82 Å². The SMILES string of the molecule is CCS(=O)(=O)CCNC(=NC)NCCc1ccc(F)cc1. The van der Waals surface area contributed by atoms with Gasteiger partial charge in [-0.2, -0.15) is 0 Å². The number of nitrogens with one attached hydrogen (secondary N) is 2. The third-order valence-electron chi connectivity index (χ3n) is 2.99. The first-order chi connectivity index (χ1) is 9.96. The first-order valence-corrected chi connectivity index (χ1v) is 8.68. The van der Waals surface area contributed by atoms with Crippen molar-refractivity contribution in [2.45, 2.75) is 13.3 Å².